The van der Waals surface area contributed by atoms with E-state index in [1.54, 1.807) is 30.3 Å². The zero-order valence-electron chi connectivity index (χ0n) is 11.2. The summed E-state index contributed by atoms with van der Waals surface area (Å²) in [6.45, 7) is 1.11. The van der Waals surface area contributed by atoms with Gasteiger partial charge in [-0.1, -0.05) is 35.9 Å². The zero-order valence-corrected chi connectivity index (χ0v) is 12.0. The van der Waals surface area contributed by atoms with Crippen LogP contribution in [0.2, 0.25) is 5.02 Å². The zero-order chi connectivity index (χ0) is 14.7. The third kappa shape index (κ3) is 3.26. The number of fused-ring (bicyclic) bond motifs is 1. The van der Waals surface area contributed by atoms with E-state index in [-0.39, 0.29) is 5.78 Å². The van der Waals surface area contributed by atoms with Gasteiger partial charge in [0.2, 0.25) is 0 Å². The third-order valence-electron chi connectivity index (χ3n) is 3.10. The summed E-state index contributed by atoms with van der Waals surface area (Å²) >= 11 is 5.88. The van der Waals surface area contributed by atoms with Gasteiger partial charge < -0.3 is 9.47 Å². The Morgan fingerprint density at radius 1 is 1.05 bits per heavy atom. The van der Waals surface area contributed by atoms with E-state index >= 15 is 0 Å². The van der Waals surface area contributed by atoms with Gasteiger partial charge in [0.25, 0.3) is 0 Å². The Morgan fingerprint density at radius 2 is 1.86 bits per heavy atom. The van der Waals surface area contributed by atoms with Crippen molar-refractivity contribution in [2.75, 3.05) is 13.2 Å². The fourth-order valence-electron chi connectivity index (χ4n) is 2.07. The van der Waals surface area contributed by atoms with Gasteiger partial charge in [-0.2, -0.15) is 0 Å². The van der Waals surface area contributed by atoms with E-state index in [1.807, 2.05) is 18.2 Å². The summed E-state index contributed by atoms with van der Waals surface area (Å²) in [5, 5.41) is 0.550. The van der Waals surface area contributed by atoms with Gasteiger partial charge in [-0.3, -0.25) is 4.79 Å². The molecular formula is C17H13ClO3. The highest BCUT2D eigenvalue weighted by Gasteiger charge is 2.11. The fraction of sp³-hybridized carbons (Fsp3) is 0.118. The normalized spacial score (nSPS) is 13.4. The molecule has 0 fully saturated rings. The molecule has 0 atom stereocenters. The number of hydrogen-bond acceptors (Lipinski definition) is 3. The van der Waals surface area contributed by atoms with Gasteiger partial charge in [-0.05, 0) is 35.9 Å². The van der Waals surface area contributed by atoms with E-state index in [0.29, 0.717) is 29.5 Å². The van der Waals surface area contributed by atoms with Crippen LogP contribution in [0.4, 0.5) is 0 Å². The maximum absolute atomic E-state index is 12.1. The van der Waals surface area contributed by atoms with Gasteiger partial charge in [0, 0.05) is 10.6 Å². The van der Waals surface area contributed by atoms with E-state index < -0.39 is 0 Å². The highest BCUT2D eigenvalue weighted by atomic mass is 35.5. The Morgan fingerprint density at radius 3 is 2.67 bits per heavy atom. The second-order valence-corrected chi connectivity index (χ2v) is 5.05. The molecule has 0 unspecified atom stereocenters. The maximum Gasteiger partial charge on any atom is 0.185 e. The molecular weight excluding hydrogens is 288 g/mol. The first-order chi connectivity index (χ1) is 10.2. The van der Waals surface area contributed by atoms with Gasteiger partial charge in [-0.15, -0.1) is 0 Å². The Hall–Kier alpha value is -2.26. The lowest BCUT2D eigenvalue weighted by Gasteiger charge is -2.18. The number of ketones is 1. The third-order valence-corrected chi connectivity index (χ3v) is 3.34. The summed E-state index contributed by atoms with van der Waals surface area (Å²) in [5.41, 5.74) is 1.45. The number of ether oxygens (including phenoxy) is 2. The quantitative estimate of drug-likeness (QED) is 0.635. The van der Waals surface area contributed by atoms with Crippen molar-refractivity contribution in [2.45, 2.75) is 0 Å². The van der Waals surface area contributed by atoms with E-state index in [4.69, 9.17) is 21.1 Å². The lowest BCUT2D eigenvalue weighted by atomic mass is 10.1. The molecule has 1 aliphatic rings. The van der Waals surface area contributed by atoms with Crippen LogP contribution in [0.5, 0.6) is 11.5 Å². The van der Waals surface area contributed by atoms with Crippen LogP contribution in [-0.4, -0.2) is 19.0 Å². The summed E-state index contributed by atoms with van der Waals surface area (Å²) < 4.78 is 11.0. The topological polar surface area (TPSA) is 35.5 Å². The van der Waals surface area contributed by atoms with Crippen molar-refractivity contribution >= 4 is 23.5 Å². The van der Waals surface area contributed by atoms with Crippen LogP contribution in [-0.2, 0) is 0 Å². The highest BCUT2D eigenvalue weighted by Crippen LogP contribution is 2.31. The summed E-state index contributed by atoms with van der Waals surface area (Å²) in [6.07, 6.45) is 3.28. The van der Waals surface area contributed by atoms with Crippen LogP contribution >= 0.6 is 11.6 Å². The number of rotatable bonds is 3. The number of allylic oxidation sites excluding steroid dienone is 1. The van der Waals surface area contributed by atoms with E-state index in [1.165, 1.54) is 6.08 Å². The largest absolute Gasteiger partial charge is 0.486 e. The van der Waals surface area contributed by atoms with Crippen molar-refractivity contribution < 1.29 is 14.3 Å². The monoisotopic (exact) mass is 300 g/mol. The van der Waals surface area contributed by atoms with Gasteiger partial charge in [-0.25, -0.2) is 0 Å². The minimum absolute atomic E-state index is 0.0904. The molecule has 2 aromatic carbocycles. The molecule has 3 nitrogen and oxygen atoms in total. The molecule has 0 spiro atoms. The van der Waals surface area contributed by atoms with E-state index in [0.717, 1.165) is 11.3 Å². The highest BCUT2D eigenvalue weighted by molar-refractivity contribution is 6.31. The molecule has 2 aromatic rings. The number of carbonyl (C=O) groups excluding carboxylic acids is 1. The standard InChI is InChI=1S/C17H13ClO3/c18-14-3-1-2-13(11-14)15(19)6-4-12-5-7-16-17(10-12)21-9-8-20-16/h1-7,10-11H,8-9H2/b6-4+. The fourth-order valence-corrected chi connectivity index (χ4v) is 2.26. The van der Waals surface area contributed by atoms with Gasteiger partial charge >= 0.3 is 0 Å². The van der Waals surface area contributed by atoms with Crippen LogP contribution in [0, 0.1) is 0 Å². The van der Waals surface area contributed by atoms with Crippen molar-refractivity contribution in [2.24, 2.45) is 0 Å². The molecule has 0 amide bonds. The first kappa shape index (κ1) is 13.7. The number of halogens is 1. The molecule has 1 heterocycles. The maximum atomic E-state index is 12.1. The van der Waals surface area contributed by atoms with Crippen LogP contribution in [0.3, 0.4) is 0 Å². The SMILES string of the molecule is O=C(/C=C/c1ccc2c(c1)OCCO2)c1cccc(Cl)c1. The minimum atomic E-state index is -0.0904. The molecule has 4 heteroatoms. The van der Waals surface area contributed by atoms with Gasteiger partial charge in [0.05, 0.1) is 0 Å². The molecule has 0 saturated carbocycles. The summed E-state index contributed by atoms with van der Waals surface area (Å²) in [7, 11) is 0. The predicted octanol–water partition coefficient (Wildman–Crippen LogP) is 4.01. The van der Waals surface area contributed by atoms with Crippen molar-refractivity contribution in [3.63, 3.8) is 0 Å². The first-order valence-corrected chi connectivity index (χ1v) is 6.98. The summed E-state index contributed by atoms with van der Waals surface area (Å²) in [6, 6.07) is 12.5. The second-order valence-electron chi connectivity index (χ2n) is 4.61. The molecule has 1 aliphatic heterocycles. The molecule has 0 N–H and O–H groups in total. The van der Waals surface area contributed by atoms with Gasteiger partial charge in [0.1, 0.15) is 13.2 Å². The van der Waals surface area contributed by atoms with Crippen molar-refractivity contribution in [1.29, 1.82) is 0 Å². The number of carbonyl (C=O) groups is 1. The Balaban J connectivity index is 1.78. The lowest BCUT2D eigenvalue weighted by molar-refractivity contribution is 0.104. The molecule has 21 heavy (non-hydrogen) atoms. The molecule has 0 aliphatic carbocycles. The molecule has 0 saturated heterocycles. The molecule has 3 rings (SSSR count). The van der Waals surface area contributed by atoms with E-state index in [2.05, 4.69) is 0 Å². The molecule has 0 bridgehead atoms. The summed E-state index contributed by atoms with van der Waals surface area (Å²) in [4.78, 5) is 12.1. The van der Waals surface area contributed by atoms with Crippen LogP contribution in [0.15, 0.2) is 48.5 Å². The van der Waals surface area contributed by atoms with Crippen molar-refractivity contribution in [3.05, 3.63) is 64.7 Å². The van der Waals surface area contributed by atoms with Crippen LogP contribution in [0.25, 0.3) is 6.08 Å². The molecule has 0 aromatic heterocycles. The van der Waals surface area contributed by atoms with E-state index in [9.17, 15) is 4.79 Å². The van der Waals surface area contributed by atoms with Crippen LogP contribution < -0.4 is 9.47 Å². The average Bonchev–Trinajstić information content (AvgIpc) is 2.52. The van der Waals surface area contributed by atoms with Crippen molar-refractivity contribution in [1.82, 2.24) is 0 Å². The van der Waals surface area contributed by atoms with Gasteiger partial charge in [0.15, 0.2) is 17.3 Å². The molecule has 0 radical (unpaired) electrons. The first-order valence-electron chi connectivity index (χ1n) is 6.60. The minimum Gasteiger partial charge on any atom is -0.486 e. The lowest BCUT2D eigenvalue weighted by Crippen LogP contribution is -2.15. The average molecular weight is 301 g/mol. The Kier molecular flexibility index (Phi) is 3.93. The second kappa shape index (κ2) is 6.02. The smallest absolute Gasteiger partial charge is 0.185 e. The predicted molar refractivity (Wildman–Crippen MR) is 82.2 cm³/mol. The summed E-state index contributed by atoms with van der Waals surface area (Å²) in [5.74, 6) is 1.35. The molecule has 106 valence electrons. The Labute approximate surface area is 127 Å². The van der Waals surface area contributed by atoms with Crippen molar-refractivity contribution in [3.8, 4) is 11.5 Å². The van der Waals surface area contributed by atoms with Crippen LogP contribution in [0.1, 0.15) is 15.9 Å². The number of hydrogen-bond donors (Lipinski definition) is 0. The Bertz CT molecular complexity index is 707. The number of benzene rings is 2.